The molecule has 0 radical (unpaired) electrons. The molecule has 1 aromatic heterocycles. The molecule has 0 aliphatic carbocycles. The van der Waals surface area contributed by atoms with E-state index in [0.717, 1.165) is 12.1 Å². The minimum atomic E-state index is -3.39. The summed E-state index contributed by atoms with van der Waals surface area (Å²) in [7, 11) is 0. The minimum Gasteiger partial charge on any atom is -0.444 e. The number of rotatable bonds is 2. The van der Waals surface area contributed by atoms with Crippen LogP contribution in [0.4, 0.5) is 13.6 Å². The number of alkyl halides is 2. The van der Waals surface area contributed by atoms with Crippen LogP contribution in [0.25, 0.3) is 0 Å². The van der Waals surface area contributed by atoms with E-state index in [0.29, 0.717) is 0 Å². The summed E-state index contributed by atoms with van der Waals surface area (Å²) in [6.07, 6.45) is -2.19. The van der Waals surface area contributed by atoms with Gasteiger partial charge in [-0.05, 0) is 32.9 Å². The fourth-order valence-corrected chi connectivity index (χ4v) is 2.66. The molecule has 2 heterocycles. The lowest BCUT2D eigenvalue weighted by atomic mass is 10.0. The van der Waals surface area contributed by atoms with Gasteiger partial charge in [-0.25, -0.2) is 9.78 Å². The quantitative estimate of drug-likeness (QED) is 0.722. The van der Waals surface area contributed by atoms with E-state index < -0.39 is 29.3 Å². The summed E-state index contributed by atoms with van der Waals surface area (Å²) >= 11 is 11.4. The number of ether oxygens (including phenoxy) is 2. The molecule has 0 N–H and O–H groups in total. The van der Waals surface area contributed by atoms with Crippen LogP contribution in [0.2, 0.25) is 10.3 Å². The zero-order chi connectivity index (χ0) is 18.1. The molecule has 134 valence electrons. The van der Waals surface area contributed by atoms with Gasteiger partial charge < -0.3 is 14.4 Å². The van der Waals surface area contributed by atoms with Crippen LogP contribution in [0.5, 0.6) is 0 Å². The molecule has 0 spiro atoms. The van der Waals surface area contributed by atoms with Crippen LogP contribution < -0.4 is 0 Å². The second-order valence-electron chi connectivity index (χ2n) is 6.41. The predicted molar refractivity (Wildman–Crippen MR) is 85.7 cm³/mol. The van der Waals surface area contributed by atoms with Gasteiger partial charge in [0.1, 0.15) is 22.0 Å². The van der Waals surface area contributed by atoms with E-state index in [1.54, 1.807) is 20.8 Å². The second kappa shape index (κ2) is 6.98. The molecular formula is C15H18Cl2F2N2O3. The van der Waals surface area contributed by atoms with Crippen molar-refractivity contribution in [1.29, 1.82) is 0 Å². The number of morpholine rings is 1. The monoisotopic (exact) mass is 382 g/mol. The molecule has 0 bridgehead atoms. The number of nitrogens with zero attached hydrogens (tertiary/aromatic N) is 2. The van der Waals surface area contributed by atoms with E-state index in [2.05, 4.69) is 4.98 Å². The molecule has 1 amide bonds. The molecule has 1 atom stereocenters. The number of halogens is 4. The molecular weight excluding hydrogens is 365 g/mol. The molecule has 1 aliphatic heterocycles. The largest absolute Gasteiger partial charge is 0.444 e. The van der Waals surface area contributed by atoms with Crippen molar-refractivity contribution in [2.24, 2.45) is 0 Å². The summed E-state index contributed by atoms with van der Waals surface area (Å²) in [5, 5.41) is -0.283. The Balaban J connectivity index is 2.17. The van der Waals surface area contributed by atoms with Crippen molar-refractivity contribution in [3.05, 3.63) is 28.0 Å². The first-order valence-electron chi connectivity index (χ1n) is 7.30. The Morgan fingerprint density at radius 2 is 1.92 bits per heavy atom. The number of amides is 1. The van der Waals surface area contributed by atoms with Crippen molar-refractivity contribution in [3.8, 4) is 0 Å². The van der Waals surface area contributed by atoms with E-state index >= 15 is 0 Å². The number of aromatic nitrogens is 1. The molecule has 0 unspecified atom stereocenters. The zero-order valence-corrected chi connectivity index (χ0v) is 15.0. The molecule has 5 nitrogen and oxygen atoms in total. The maximum absolute atomic E-state index is 14.7. The van der Waals surface area contributed by atoms with Crippen LogP contribution in [-0.2, 0) is 15.4 Å². The first-order valence-corrected chi connectivity index (χ1v) is 8.05. The van der Waals surface area contributed by atoms with Gasteiger partial charge in [0.2, 0.25) is 0 Å². The fraction of sp³-hybridized carbons (Fsp3) is 0.600. The molecule has 9 heteroatoms. The summed E-state index contributed by atoms with van der Waals surface area (Å²) in [4.78, 5) is 16.9. The second-order valence-corrected chi connectivity index (χ2v) is 7.18. The average Bonchev–Trinajstić information content (AvgIpc) is 2.44. The van der Waals surface area contributed by atoms with Crippen LogP contribution in [0.15, 0.2) is 12.1 Å². The van der Waals surface area contributed by atoms with Crippen LogP contribution in [-0.4, -0.2) is 47.4 Å². The first kappa shape index (κ1) is 19.1. The van der Waals surface area contributed by atoms with E-state index in [4.69, 9.17) is 32.7 Å². The summed E-state index contributed by atoms with van der Waals surface area (Å²) in [6, 6.07) is 2.06. The Morgan fingerprint density at radius 3 is 2.46 bits per heavy atom. The molecule has 0 saturated carbocycles. The lowest BCUT2D eigenvalue weighted by Gasteiger charge is -2.37. The van der Waals surface area contributed by atoms with Crippen LogP contribution in [0.3, 0.4) is 0 Å². The third-order valence-electron chi connectivity index (χ3n) is 3.27. The van der Waals surface area contributed by atoms with Crippen molar-refractivity contribution >= 4 is 29.3 Å². The molecule has 1 aliphatic rings. The highest BCUT2D eigenvalue weighted by Crippen LogP contribution is 2.37. The summed E-state index contributed by atoms with van der Waals surface area (Å²) < 4.78 is 39.9. The van der Waals surface area contributed by atoms with Crippen molar-refractivity contribution in [3.63, 3.8) is 0 Å². The topological polar surface area (TPSA) is 51.7 Å². The van der Waals surface area contributed by atoms with Crippen molar-refractivity contribution < 1.29 is 23.0 Å². The average molecular weight is 383 g/mol. The van der Waals surface area contributed by atoms with Crippen LogP contribution in [0.1, 0.15) is 26.3 Å². The van der Waals surface area contributed by atoms with Crippen molar-refractivity contribution in [2.45, 2.75) is 38.4 Å². The minimum absolute atomic E-state index is 0.0218. The standard InChI is InChI=1S/C15H18Cl2F2N2O3/c1-14(2,3)24-13(22)21-4-5-23-10(8-21)15(18,19)9-6-11(16)20-12(17)7-9/h6-7,10H,4-5,8H2,1-3H3/t10-/m1/s1. The third-order valence-corrected chi connectivity index (χ3v) is 3.66. The molecule has 1 fully saturated rings. The van der Waals surface area contributed by atoms with Crippen LogP contribution in [0, 0.1) is 0 Å². The SMILES string of the molecule is CC(C)(C)OC(=O)N1CCO[C@@H](C(F)(F)c2cc(Cl)nc(Cl)c2)C1. The predicted octanol–water partition coefficient (Wildman–Crippen LogP) is 4.12. The zero-order valence-electron chi connectivity index (χ0n) is 13.5. The molecule has 24 heavy (non-hydrogen) atoms. The van der Waals surface area contributed by atoms with E-state index in [1.807, 2.05) is 0 Å². The van der Waals surface area contributed by atoms with Gasteiger partial charge in [0.15, 0.2) is 0 Å². The van der Waals surface area contributed by atoms with Gasteiger partial charge in [0.05, 0.1) is 13.2 Å². The maximum atomic E-state index is 14.7. The van der Waals surface area contributed by atoms with E-state index in [1.165, 1.54) is 4.90 Å². The molecule has 0 aromatic carbocycles. The molecule has 1 aromatic rings. The molecule has 2 rings (SSSR count). The fourth-order valence-electron chi connectivity index (χ4n) is 2.20. The van der Waals surface area contributed by atoms with E-state index in [9.17, 15) is 13.6 Å². The van der Waals surface area contributed by atoms with Crippen molar-refractivity contribution in [2.75, 3.05) is 19.7 Å². The summed E-state index contributed by atoms with van der Waals surface area (Å²) in [5.74, 6) is -3.39. The van der Waals surface area contributed by atoms with Gasteiger partial charge in [-0.15, -0.1) is 0 Å². The number of hydrogen-bond acceptors (Lipinski definition) is 4. The summed E-state index contributed by atoms with van der Waals surface area (Å²) in [6.45, 7) is 4.97. The Labute approximate surface area is 148 Å². The molecule has 1 saturated heterocycles. The lowest BCUT2D eigenvalue weighted by Crippen LogP contribution is -2.52. The Morgan fingerprint density at radius 1 is 1.33 bits per heavy atom. The van der Waals surface area contributed by atoms with E-state index in [-0.39, 0.29) is 30.0 Å². The normalized spacial score (nSPS) is 19.3. The summed E-state index contributed by atoms with van der Waals surface area (Å²) in [5.41, 5.74) is -1.12. The number of pyridine rings is 1. The highest BCUT2D eigenvalue weighted by atomic mass is 35.5. The highest BCUT2D eigenvalue weighted by molar-refractivity contribution is 6.32. The van der Waals surface area contributed by atoms with Gasteiger partial charge >= 0.3 is 12.0 Å². The Kier molecular flexibility index (Phi) is 5.57. The number of hydrogen-bond donors (Lipinski definition) is 0. The van der Waals surface area contributed by atoms with Gasteiger partial charge in [0, 0.05) is 12.1 Å². The Bertz CT molecular complexity index is 603. The number of carbonyl (C=O) groups is 1. The van der Waals surface area contributed by atoms with Crippen molar-refractivity contribution in [1.82, 2.24) is 9.88 Å². The van der Waals surface area contributed by atoms with Gasteiger partial charge in [-0.2, -0.15) is 8.78 Å². The van der Waals surface area contributed by atoms with Gasteiger partial charge in [0.25, 0.3) is 0 Å². The smallest absolute Gasteiger partial charge is 0.410 e. The first-order chi connectivity index (χ1) is 11.0. The maximum Gasteiger partial charge on any atom is 0.410 e. The van der Waals surface area contributed by atoms with Gasteiger partial charge in [-0.1, -0.05) is 23.2 Å². The van der Waals surface area contributed by atoms with Gasteiger partial charge in [-0.3, -0.25) is 0 Å². The highest BCUT2D eigenvalue weighted by Gasteiger charge is 2.46. The number of carbonyl (C=O) groups excluding carboxylic acids is 1. The third kappa shape index (κ3) is 4.68. The van der Waals surface area contributed by atoms with Crippen LogP contribution >= 0.6 is 23.2 Å². The lowest BCUT2D eigenvalue weighted by molar-refractivity contribution is -0.170. The Hall–Kier alpha value is -1.18.